The van der Waals surface area contributed by atoms with Gasteiger partial charge in [0.05, 0.1) is 42.8 Å². The molecule has 0 unspecified atom stereocenters. The van der Waals surface area contributed by atoms with Crippen LogP contribution in [-0.4, -0.2) is 53.3 Å². The number of imidazole rings is 1. The minimum atomic E-state index is -0.330. The number of halogens is 1. The van der Waals surface area contributed by atoms with E-state index in [0.29, 0.717) is 31.1 Å². The molecule has 0 saturated carbocycles. The van der Waals surface area contributed by atoms with E-state index in [2.05, 4.69) is 59.9 Å². The summed E-state index contributed by atoms with van der Waals surface area (Å²) in [5, 5.41) is 0.662. The van der Waals surface area contributed by atoms with Crippen molar-refractivity contribution in [2.75, 3.05) is 26.8 Å². The lowest BCUT2D eigenvalue weighted by atomic mass is 10.1. The lowest BCUT2D eigenvalue weighted by Gasteiger charge is -2.32. The molecule has 0 radical (unpaired) electrons. The number of carbonyl (C=O) groups excluding carboxylic acids is 1. The Labute approximate surface area is 220 Å². The number of benzene rings is 2. The highest BCUT2D eigenvalue weighted by atomic mass is 35.5. The van der Waals surface area contributed by atoms with Crippen LogP contribution >= 0.6 is 23.4 Å². The summed E-state index contributed by atoms with van der Waals surface area (Å²) in [5.74, 6) is 0.880. The summed E-state index contributed by atoms with van der Waals surface area (Å²) < 4.78 is 13.0. The van der Waals surface area contributed by atoms with Crippen molar-refractivity contribution in [1.29, 1.82) is 0 Å². The van der Waals surface area contributed by atoms with Crippen LogP contribution < -0.4 is 0 Å². The van der Waals surface area contributed by atoms with Crippen molar-refractivity contribution < 1.29 is 14.3 Å². The molecule has 186 valence electrons. The molecule has 0 N–H and O–H groups in total. The van der Waals surface area contributed by atoms with E-state index in [1.165, 1.54) is 12.7 Å². The number of morpholine rings is 1. The van der Waals surface area contributed by atoms with Crippen molar-refractivity contribution in [3.05, 3.63) is 88.7 Å². The Kier molecular flexibility index (Phi) is 7.51. The van der Waals surface area contributed by atoms with E-state index in [9.17, 15) is 4.79 Å². The highest BCUT2D eigenvalue weighted by Gasteiger charge is 2.28. The van der Waals surface area contributed by atoms with Gasteiger partial charge in [0.2, 0.25) is 0 Å². The molecular formula is C28H28ClN3O3S. The summed E-state index contributed by atoms with van der Waals surface area (Å²) >= 11 is 8.60. The van der Waals surface area contributed by atoms with Gasteiger partial charge in [0.1, 0.15) is 5.65 Å². The first-order chi connectivity index (χ1) is 17.5. The van der Waals surface area contributed by atoms with Gasteiger partial charge in [0, 0.05) is 35.4 Å². The van der Waals surface area contributed by atoms with Crippen molar-refractivity contribution in [3.63, 3.8) is 0 Å². The number of ether oxygens (including phenoxy) is 2. The van der Waals surface area contributed by atoms with Gasteiger partial charge in [-0.15, -0.1) is 11.8 Å². The molecule has 3 heterocycles. The molecule has 1 atom stereocenters. The van der Waals surface area contributed by atoms with Gasteiger partial charge in [-0.05, 0) is 42.3 Å². The smallest absolute Gasteiger partial charge is 0.409 e. The number of aryl methyl sites for hydroxylation is 1. The number of thioether (sulfide) groups is 1. The molecular weight excluding hydrogens is 494 g/mol. The van der Waals surface area contributed by atoms with Gasteiger partial charge in [-0.1, -0.05) is 48.0 Å². The van der Waals surface area contributed by atoms with E-state index in [4.69, 9.17) is 26.1 Å². The molecule has 8 heteroatoms. The zero-order chi connectivity index (χ0) is 25.1. The molecule has 2 aromatic carbocycles. The lowest BCUT2D eigenvalue weighted by molar-refractivity contribution is -0.0241. The van der Waals surface area contributed by atoms with Gasteiger partial charge in [-0.3, -0.25) is 0 Å². The van der Waals surface area contributed by atoms with Gasteiger partial charge >= 0.3 is 6.09 Å². The fraction of sp³-hybridized carbons (Fsp3) is 0.286. The number of hydrogen-bond acceptors (Lipinski definition) is 5. The molecule has 1 fully saturated rings. The third kappa shape index (κ3) is 5.38. The molecule has 0 spiro atoms. The summed E-state index contributed by atoms with van der Waals surface area (Å²) in [7, 11) is 1.40. The largest absolute Gasteiger partial charge is 0.453 e. The Morgan fingerprint density at radius 3 is 2.81 bits per heavy atom. The molecule has 2 aromatic heterocycles. The highest BCUT2D eigenvalue weighted by Crippen LogP contribution is 2.35. The van der Waals surface area contributed by atoms with Gasteiger partial charge in [-0.25, -0.2) is 9.78 Å². The van der Waals surface area contributed by atoms with Crippen molar-refractivity contribution >= 4 is 35.1 Å². The predicted octanol–water partition coefficient (Wildman–Crippen LogP) is 6.27. The third-order valence-electron chi connectivity index (χ3n) is 6.32. The number of nitrogens with zero attached hydrogens (tertiary/aromatic N) is 3. The Bertz CT molecular complexity index is 1380. The number of methoxy groups -OCH3 is 1. The first-order valence-corrected chi connectivity index (χ1v) is 13.3. The predicted molar refractivity (Wildman–Crippen MR) is 144 cm³/mol. The molecule has 1 aliphatic heterocycles. The minimum absolute atomic E-state index is 0.169. The summed E-state index contributed by atoms with van der Waals surface area (Å²) in [6, 6.07) is 20.7. The number of rotatable bonds is 6. The van der Waals surface area contributed by atoms with E-state index in [0.717, 1.165) is 38.8 Å². The maximum Gasteiger partial charge on any atom is 0.409 e. The SMILES string of the molecule is COC(=O)N1CCO[C@@H](Cc2c(-c3ccc(SCc4ccccc4)cc3Cl)nc3cc(C)ccn23)C1. The van der Waals surface area contributed by atoms with Crippen LogP contribution in [0.2, 0.25) is 5.02 Å². The van der Waals surface area contributed by atoms with Crippen molar-refractivity contribution in [1.82, 2.24) is 14.3 Å². The van der Waals surface area contributed by atoms with Gasteiger partial charge in [-0.2, -0.15) is 0 Å². The molecule has 36 heavy (non-hydrogen) atoms. The van der Waals surface area contributed by atoms with Crippen molar-refractivity contribution in [3.8, 4) is 11.3 Å². The second-order valence-electron chi connectivity index (χ2n) is 8.87. The quantitative estimate of drug-likeness (QED) is 0.280. The fourth-order valence-corrected chi connectivity index (χ4v) is 5.71. The van der Waals surface area contributed by atoms with E-state index in [1.54, 1.807) is 16.7 Å². The summed E-state index contributed by atoms with van der Waals surface area (Å²) in [6.07, 6.45) is 2.13. The first-order valence-electron chi connectivity index (χ1n) is 11.9. The number of fused-ring (bicyclic) bond motifs is 1. The zero-order valence-electron chi connectivity index (χ0n) is 20.3. The number of carbonyl (C=O) groups is 1. The van der Waals surface area contributed by atoms with Crippen molar-refractivity contribution in [2.24, 2.45) is 0 Å². The molecule has 4 aromatic rings. The van der Waals surface area contributed by atoms with Crippen LogP contribution in [0.1, 0.15) is 16.8 Å². The van der Waals surface area contributed by atoms with E-state index >= 15 is 0 Å². The van der Waals surface area contributed by atoms with E-state index in [1.807, 2.05) is 18.3 Å². The number of pyridine rings is 1. The Morgan fingerprint density at radius 2 is 2.03 bits per heavy atom. The van der Waals surface area contributed by atoms with E-state index in [-0.39, 0.29) is 12.2 Å². The van der Waals surface area contributed by atoms with Crippen molar-refractivity contribution in [2.45, 2.75) is 30.1 Å². The maximum absolute atomic E-state index is 12.1. The number of amides is 1. The molecule has 5 rings (SSSR count). The second-order valence-corrected chi connectivity index (χ2v) is 10.3. The van der Waals surface area contributed by atoms with Gasteiger partial charge in [0.25, 0.3) is 0 Å². The van der Waals surface area contributed by atoms with Gasteiger partial charge in [0.15, 0.2) is 0 Å². The van der Waals surface area contributed by atoms with Crippen LogP contribution in [0.3, 0.4) is 0 Å². The van der Waals surface area contributed by atoms with Crippen LogP contribution in [0.5, 0.6) is 0 Å². The van der Waals surface area contributed by atoms with Crippen LogP contribution in [0.4, 0.5) is 4.79 Å². The zero-order valence-corrected chi connectivity index (χ0v) is 21.9. The molecule has 1 amide bonds. The molecule has 1 aliphatic rings. The molecule has 0 bridgehead atoms. The van der Waals surface area contributed by atoms with Crippen LogP contribution in [0.15, 0.2) is 71.8 Å². The minimum Gasteiger partial charge on any atom is -0.453 e. The highest BCUT2D eigenvalue weighted by molar-refractivity contribution is 7.98. The standard InChI is InChI=1S/C28H28ClN3O3S/c1-19-10-11-32-25(15-21-17-31(12-13-35-21)28(33)34-2)27(30-26(32)14-19)23-9-8-22(16-24(23)29)36-18-20-6-4-3-5-7-20/h3-11,14,16,21H,12-13,15,17-18H2,1-2H3/t21-/m0/s1. The Morgan fingerprint density at radius 1 is 1.19 bits per heavy atom. The van der Waals surface area contributed by atoms with Crippen LogP contribution in [-0.2, 0) is 21.6 Å². The summed E-state index contributed by atoms with van der Waals surface area (Å²) in [4.78, 5) is 19.9. The average Bonchev–Trinajstić information content (AvgIpc) is 3.24. The third-order valence-corrected chi connectivity index (χ3v) is 7.69. The monoisotopic (exact) mass is 521 g/mol. The molecule has 0 aliphatic carbocycles. The summed E-state index contributed by atoms with van der Waals surface area (Å²) in [6.45, 7) is 3.52. The number of aromatic nitrogens is 2. The average molecular weight is 522 g/mol. The second kappa shape index (κ2) is 10.9. The first kappa shape index (κ1) is 24.7. The normalized spacial score (nSPS) is 15.9. The van der Waals surface area contributed by atoms with Crippen LogP contribution in [0.25, 0.3) is 16.9 Å². The molecule has 6 nitrogen and oxygen atoms in total. The summed E-state index contributed by atoms with van der Waals surface area (Å²) in [5.41, 5.74) is 6.00. The fourth-order valence-electron chi connectivity index (χ4n) is 4.48. The van der Waals surface area contributed by atoms with Crippen LogP contribution in [0, 0.1) is 6.92 Å². The molecule has 1 saturated heterocycles. The van der Waals surface area contributed by atoms with Gasteiger partial charge < -0.3 is 18.8 Å². The number of hydrogen-bond donors (Lipinski definition) is 0. The lowest BCUT2D eigenvalue weighted by Crippen LogP contribution is -2.46. The maximum atomic E-state index is 12.1. The topological polar surface area (TPSA) is 56.1 Å². The Hall–Kier alpha value is -3.00. The Balaban J connectivity index is 1.44. The van der Waals surface area contributed by atoms with E-state index < -0.39 is 0 Å².